The molecule has 1 amide bonds. The zero-order chi connectivity index (χ0) is 12.1. The minimum absolute atomic E-state index is 0.0580. The lowest BCUT2D eigenvalue weighted by Crippen LogP contribution is -2.21. The maximum Gasteiger partial charge on any atom is 0.217 e. The molecule has 0 saturated carbocycles. The van der Waals surface area contributed by atoms with Gasteiger partial charge >= 0.3 is 0 Å². The monoisotopic (exact) mass is 230 g/mol. The minimum atomic E-state index is -0.0580. The molecule has 0 aliphatic carbocycles. The van der Waals surface area contributed by atoms with Gasteiger partial charge in [0.2, 0.25) is 5.91 Å². The molecule has 5 nitrogen and oxygen atoms in total. The molecule has 88 valence electrons. The number of aromatic nitrogens is 3. The molecule has 0 radical (unpaired) electrons. The van der Waals surface area contributed by atoms with Crippen molar-refractivity contribution in [3.63, 3.8) is 0 Å². The Morgan fingerprint density at radius 2 is 2.24 bits per heavy atom. The fraction of sp³-hybridized carbons (Fsp3) is 0.250. The van der Waals surface area contributed by atoms with Gasteiger partial charge in [0.15, 0.2) is 0 Å². The van der Waals surface area contributed by atoms with Crippen LogP contribution in [0, 0.1) is 0 Å². The van der Waals surface area contributed by atoms with Crippen molar-refractivity contribution < 1.29 is 4.79 Å². The lowest BCUT2D eigenvalue weighted by molar-refractivity contribution is -0.119. The van der Waals surface area contributed by atoms with E-state index in [9.17, 15) is 4.79 Å². The fourth-order valence-corrected chi connectivity index (χ4v) is 1.52. The molecule has 0 saturated heterocycles. The maximum absolute atomic E-state index is 10.8. The third-order valence-electron chi connectivity index (χ3n) is 2.36. The van der Waals surface area contributed by atoms with E-state index in [-0.39, 0.29) is 5.91 Å². The average Bonchev–Trinajstić information content (AvgIpc) is 2.75. The Morgan fingerprint density at radius 1 is 1.35 bits per heavy atom. The number of rotatable bonds is 4. The highest BCUT2D eigenvalue weighted by Crippen LogP contribution is 2.02. The highest BCUT2D eigenvalue weighted by Gasteiger charge is 2.04. The second-order valence-corrected chi connectivity index (χ2v) is 3.70. The van der Waals surface area contributed by atoms with Crippen molar-refractivity contribution in [2.24, 2.45) is 0 Å². The third kappa shape index (κ3) is 3.14. The number of hydrogen-bond acceptors (Lipinski definition) is 3. The minimum Gasteiger partial charge on any atom is -0.349 e. The smallest absolute Gasteiger partial charge is 0.217 e. The van der Waals surface area contributed by atoms with Gasteiger partial charge in [0.25, 0.3) is 0 Å². The molecule has 0 aliphatic rings. The molecule has 0 aromatic carbocycles. The van der Waals surface area contributed by atoms with Crippen molar-refractivity contribution in [3.05, 3.63) is 48.3 Å². The second-order valence-electron chi connectivity index (χ2n) is 3.70. The van der Waals surface area contributed by atoms with Gasteiger partial charge in [-0.2, -0.15) is 0 Å². The van der Waals surface area contributed by atoms with Gasteiger partial charge in [0.1, 0.15) is 5.82 Å². The van der Waals surface area contributed by atoms with E-state index in [1.807, 2.05) is 29.0 Å². The maximum atomic E-state index is 10.8. The van der Waals surface area contributed by atoms with Crippen LogP contribution in [0.3, 0.4) is 0 Å². The van der Waals surface area contributed by atoms with E-state index in [2.05, 4.69) is 15.3 Å². The summed E-state index contributed by atoms with van der Waals surface area (Å²) in [6, 6.07) is 5.80. The summed E-state index contributed by atoms with van der Waals surface area (Å²) in [6.07, 6.45) is 5.37. The molecule has 2 aromatic heterocycles. The summed E-state index contributed by atoms with van der Waals surface area (Å²) in [7, 11) is 0. The molecule has 0 fully saturated rings. The molecule has 2 aromatic rings. The van der Waals surface area contributed by atoms with E-state index in [1.165, 1.54) is 6.92 Å². The Hall–Kier alpha value is -2.17. The normalized spacial score (nSPS) is 10.2. The van der Waals surface area contributed by atoms with Gasteiger partial charge in [0, 0.05) is 25.5 Å². The van der Waals surface area contributed by atoms with Crippen molar-refractivity contribution in [1.29, 1.82) is 0 Å². The molecule has 5 heteroatoms. The number of carbonyl (C=O) groups is 1. The molecular formula is C12H14N4O. The highest BCUT2D eigenvalue weighted by atomic mass is 16.1. The zero-order valence-corrected chi connectivity index (χ0v) is 9.63. The predicted octanol–water partition coefficient (Wildman–Crippen LogP) is 0.962. The Bertz CT molecular complexity index is 492. The van der Waals surface area contributed by atoms with Crippen molar-refractivity contribution in [1.82, 2.24) is 19.9 Å². The molecule has 2 rings (SSSR count). The predicted molar refractivity (Wildman–Crippen MR) is 63.1 cm³/mol. The Morgan fingerprint density at radius 3 is 2.94 bits per heavy atom. The average molecular weight is 230 g/mol. The topological polar surface area (TPSA) is 59.8 Å². The van der Waals surface area contributed by atoms with Gasteiger partial charge in [-0.05, 0) is 12.1 Å². The van der Waals surface area contributed by atoms with Crippen LogP contribution in [0.4, 0.5) is 0 Å². The summed E-state index contributed by atoms with van der Waals surface area (Å²) in [5.41, 5.74) is 0.967. The van der Waals surface area contributed by atoms with Crippen molar-refractivity contribution in [3.8, 4) is 0 Å². The van der Waals surface area contributed by atoms with Crippen LogP contribution in [0.2, 0.25) is 0 Å². The van der Waals surface area contributed by atoms with Crippen LogP contribution in [0.15, 0.2) is 36.8 Å². The number of carbonyl (C=O) groups excluding carboxylic acids is 1. The zero-order valence-electron chi connectivity index (χ0n) is 9.63. The summed E-state index contributed by atoms with van der Waals surface area (Å²) in [5, 5.41) is 2.73. The van der Waals surface area contributed by atoms with Crippen LogP contribution in [0.25, 0.3) is 0 Å². The largest absolute Gasteiger partial charge is 0.349 e. The second kappa shape index (κ2) is 5.25. The quantitative estimate of drug-likeness (QED) is 0.851. The van der Waals surface area contributed by atoms with Crippen molar-refractivity contribution in [2.75, 3.05) is 0 Å². The summed E-state index contributed by atoms with van der Waals surface area (Å²) >= 11 is 0. The van der Waals surface area contributed by atoms with Crippen LogP contribution in [0.5, 0.6) is 0 Å². The standard InChI is InChI=1S/C12H14N4O/c1-10(17)15-8-12-14-6-7-16(12)9-11-4-2-3-5-13-11/h2-7H,8-9H2,1H3,(H,15,17). The first-order valence-corrected chi connectivity index (χ1v) is 5.40. The number of pyridine rings is 1. The van der Waals surface area contributed by atoms with Crippen LogP contribution >= 0.6 is 0 Å². The fourth-order valence-electron chi connectivity index (χ4n) is 1.52. The van der Waals surface area contributed by atoms with Gasteiger partial charge in [-0.25, -0.2) is 4.98 Å². The number of hydrogen-bond donors (Lipinski definition) is 1. The number of amides is 1. The van der Waals surface area contributed by atoms with E-state index in [4.69, 9.17) is 0 Å². The van der Waals surface area contributed by atoms with E-state index < -0.39 is 0 Å². The van der Waals surface area contributed by atoms with Gasteiger partial charge in [0.05, 0.1) is 18.8 Å². The summed E-state index contributed by atoms with van der Waals surface area (Å²) in [4.78, 5) is 19.3. The van der Waals surface area contributed by atoms with E-state index in [0.29, 0.717) is 13.1 Å². The van der Waals surface area contributed by atoms with Crippen LogP contribution in [-0.2, 0) is 17.9 Å². The first-order chi connectivity index (χ1) is 8.25. The lowest BCUT2D eigenvalue weighted by atomic mass is 10.3. The van der Waals surface area contributed by atoms with Gasteiger partial charge in [-0.3, -0.25) is 9.78 Å². The third-order valence-corrected chi connectivity index (χ3v) is 2.36. The SMILES string of the molecule is CC(=O)NCc1nccn1Cc1ccccn1. The first kappa shape index (κ1) is 11.3. The summed E-state index contributed by atoms with van der Waals surface area (Å²) in [5.74, 6) is 0.767. The van der Waals surface area contributed by atoms with Crippen LogP contribution in [0.1, 0.15) is 18.4 Å². The van der Waals surface area contributed by atoms with Crippen LogP contribution < -0.4 is 5.32 Å². The van der Waals surface area contributed by atoms with Gasteiger partial charge < -0.3 is 9.88 Å². The van der Waals surface area contributed by atoms with Gasteiger partial charge in [-0.1, -0.05) is 6.07 Å². The molecule has 1 N–H and O–H groups in total. The number of imidazole rings is 1. The van der Waals surface area contributed by atoms with E-state index >= 15 is 0 Å². The molecule has 0 spiro atoms. The molecule has 0 aliphatic heterocycles. The molecule has 17 heavy (non-hydrogen) atoms. The molecule has 2 heterocycles. The highest BCUT2D eigenvalue weighted by molar-refractivity contribution is 5.72. The lowest BCUT2D eigenvalue weighted by Gasteiger charge is -2.07. The first-order valence-electron chi connectivity index (χ1n) is 5.40. The Kier molecular flexibility index (Phi) is 3.49. The van der Waals surface area contributed by atoms with E-state index in [0.717, 1.165) is 11.5 Å². The molecule has 0 unspecified atom stereocenters. The van der Waals surface area contributed by atoms with Crippen molar-refractivity contribution in [2.45, 2.75) is 20.0 Å². The number of nitrogens with zero attached hydrogens (tertiary/aromatic N) is 3. The molecular weight excluding hydrogens is 216 g/mol. The Labute approximate surface area is 99.5 Å². The summed E-state index contributed by atoms with van der Waals surface area (Å²) in [6.45, 7) is 2.59. The molecule has 0 bridgehead atoms. The molecule has 0 atom stereocenters. The van der Waals surface area contributed by atoms with Gasteiger partial charge in [-0.15, -0.1) is 0 Å². The van der Waals surface area contributed by atoms with E-state index in [1.54, 1.807) is 12.4 Å². The van der Waals surface area contributed by atoms with Crippen molar-refractivity contribution >= 4 is 5.91 Å². The summed E-state index contributed by atoms with van der Waals surface area (Å²) < 4.78 is 1.97. The number of nitrogens with one attached hydrogen (secondary N) is 1. The Balaban J connectivity index is 2.06. The van der Waals surface area contributed by atoms with Crippen LogP contribution in [-0.4, -0.2) is 20.4 Å².